The van der Waals surface area contributed by atoms with Crippen molar-refractivity contribution in [3.05, 3.63) is 53.6 Å². The quantitative estimate of drug-likeness (QED) is 0.813. The number of carbonyl (C=O) groups is 1. The molecule has 2 aromatic rings. The second-order valence-electron chi connectivity index (χ2n) is 5.07. The smallest absolute Gasteiger partial charge is 0.251 e. The van der Waals surface area contributed by atoms with E-state index in [1.165, 1.54) is 14.2 Å². The van der Waals surface area contributed by atoms with E-state index in [-0.39, 0.29) is 12.5 Å². The van der Waals surface area contributed by atoms with Gasteiger partial charge in [0, 0.05) is 12.1 Å². The van der Waals surface area contributed by atoms with Crippen molar-refractivity contribution in [2.24, 2.45) is 0 Å². The second kappa shape index (κ2) is 8.21. The zero-order valence-corrected chi connectivity index (χ0v) is 13.9. The fourth-order valence-electron chi connectivity index (χ4n) is 2.24. The number of methoxy groups -OCH3 is 3. The van der Waals surface area contributed by atoms with E-state index in [2.05, 4.69) is 5.32 Å². The number of hydrogen-bond acceptors (Lipinski definition) is 5. The van der Waals surface area contributed by atoms with E-state index in [9.17, 15) is 9.90 Å². The van der Waals surface area contributed by atoms with Crippen molar-refractivity contribution < 1.29 is 24.1 Å². The lowest BCUT2D eigenvalue weighted by atomic mass is 10.1. The lowest BCUT2D eigenvalue weighted by Gasteiger charge is -2.14. The van der Waals surface area contributed by atoms with Gasteiger partial charge in [0.15, 0.2) is 11.5 Å². The first-order valence-corrected chi connectivity index (χ1v) is 7.41. The molecule has 24 heavy (non-hydrogen) atoms. The maximum Gasteiger partial charge on any atom is 0.251 e. The summed E-state index contributed by atoms with van der Waals surface area (Å²) in [4.78, 5) is 12.2. The molecule has 1 amide bonds. The summed E-state index contributed by atoms with van der Waals surface area (Å²) in [5.41, 5.74) is 1.09. The Morgan fingerprint density at radius 2 is 1.79 bits per heavy atom. The summed E-state index contributed by atoms with van der Waals surface area (Å²) in [5.74, 6) is 1.36. The predicted molar refractivity (Wildman–Crippen MR) is 89.8 cm³/mol. The SMILES string of the molecule is COc1cccc(C(O)CNC(=O)c2ccc(OC)c(OC)c2)c1. The molecule has 2 N–H and O–H groups in total. The molecular weight excluding hydrogens is 310 g/mol. The molecule has 0 radical (unpaired) electrons. The van der Waals surface area contributed by atoms with Gasteiger partial charge < -0.3 is 24.6 Å². The molecule has 6 heteroatoms. The van der Waals surface area contributed by atoms with Crippen LogP contribution in [-0.4, -0.2) is 38.9 Å². The molecule has 0 saturated carbocycles. The van der Waals surface area contributed by atoms with Crippen LogP contribution >= 0.6 is 0 Å². The van der Waals surface area contributed by atoms with Crippen molar-refractivity contribution >= 4 is 5.91 Å². The standard InChI is InChI=1S/C18H21NO5/c1-22-14-6-4-5-12(9-14)15(20)11-19-18(21)13-7-8-16(23-2)17(10-13)24-3/h4-10,15,20H,11H2,1-3H3,(H,19,21). The topological polar surface area (TPSA) is 77.0 Å². The number of nitrogens with one attached hydrogen (secondary N) is 1. The van der Waals surface area contributed by atoms with Crippen molar-refractivity contribution in [3.8, 4) is 17.2 Å². The van der Waals surface area contributed by atoms with Gasteiger partial charge in [0.25, 0.3) is 5.91 Å². The lowest BCUT2D eigenvalue weighted by molar-refractivity contribution is 0.0916. The molecule has 0 saturated heterocycles. The van der Waals surface area contributed by atoms with E-state index < -0.39 is 6.10 Å². The van der Waals surface area contributed by atoms with Gasteiger partial charge >= 0.3 is 0 Å². The van der Waals surface area contributed by atoms with Gasteiger partial charge in [-0.1, -0.05) is 12.1 Å². The Morgan fingerprint density at radius 3 is 2.46 bits per heavy atom. The van der Waals surface area contributed by atoms with Crippen molar-refractivity contribution in [2.45, 2.75) is 6.10 Å². The summed E-state index contributed by atoms with van der Waals surface area (Å²) in [6.45, 7) is 0.0837. The highest BCUT2D eigenvalue weighted by Crippen LogP contribution is 2.27. The highest BCUT2D eigenvalue weighted by Gasteiger charge is 2.13. The van der Waals surface area contributed by atoms with Gasteiger partial charge in [0.1, 0.15) is 5.75 Å². The summed E-state index contributed by atoms with van der Waals surface area (Å²) in [7, 11) is 4.60. The van der Waals surface area contributed by atoms with Crippen LogP contribution in [0.25, 0.3) is 0 Å². The van der Waals surface area contributed by atoms with Gasteiger partial charge in [-0.15, -0.1) is 0 Å². The third-order valence-electron chi connectivity index (χ3n) is 3.58. The average molecular weight is 331 g/mol. The Morgan fingerprint density at radius 1 is 1.04 bits per heavy atom. The van der Waals surface area contributed by atoms with Crippen LogP contribution in [0.15, 0.2) is 42.5 Å². The molecule has 0 fully saturated rings. The molecule has 0 spiro atoms. The normalized spacial score (nSPS) is 11.5. The molecule has 2 aromatic carbocycles. The number of hydrogen-bond donors (Lipinski definition) is 2. The minimum absolute atomic E-state index is 0.0837. The number of benzene rings is 2. The van der Waals surface area contributed by atoms with Crippen LogP contribution in [0.1, 0.15) is 22.0 Å². The van der Waals surface area contributed by atoms with Gasteiger partial charge in [0.2, 0.25) is 0 Å². The summed E-state index contributed by atoms with van der Waals surface area (Å²) in [5, 5.41) is 12.9. The van der Waals surface area contributed by atoms with Crippen molar-refractivity contribution in [2.75, 3.05) is 27.9 Å². The summed E-state index contributed by atoms with van der Waals surface area (Å²) in [6.07, 6.45) is -0.829. The number of ether oxygens (including phenoxy) is 3. The molecule has 2 rings (SSSR count). The third kappa shape index (κ3) is 4.17. The van der Waals surface area contributed by atoms with E-state index in [0.717, 1.165) is 0 Å². The first-order valence-electron chi connectivity index (χ1n) is 7.41. The Kier molecular flexibility index (Phi) is 6.03. The fraction of sp³-hybridized carbons (Fsp3) is 0.278. The van der Waals surface area contributed by atoms with Crippen LogP contribution in [0.5, 0.6) is 17.2 Å². The highest BCUT2D eigenvalue weighted by molar-refractivity contribution is 5.94. The molecule has 1 atom stereocenters. The van der Waals surface area contributed by atoms with E-state index >= 15 is 0 Å². The Bertz CT molecular complexity index is 702. The predicted octanol–water partition coefficient (Wildman–Crippen LogP) is 2.18. The van der Waals surface area contributed by atoms with Crippen LogP contribution in [-0.2, 0) is 0 Å². The molecule has 0 heterocycles. The second-order valence-corrected chi connectivity index (χ2v) is 5.07. The van der Waals surface area contributed by atoms with Crippen molar-refractivity contribution in [3.63, 3.8) is 0 Å². The summed E-state index contributed by atoms with van der Waals surface area (Å²) in [6, 6.07) is 12.0. The van der Waals surface area contributed by atoms with E-state index in [4.69, 9.17) is 14.2 Å². The number of rotatable bonds is 7. The van der Waals surface area contributed by atoms with E-state index in [0.29, 0.717) is 28.4 Å². The Labute approximate surface area is 141 Å². The zero-order chi connectivity index (χ0) is 17.5. The van der Waals surface area contributed by atoms with Crippen LogP contribution < -0.4 is 19.5 Å². The Balaban J connectivity index is 2.02. The van der Waals surface area contributed by atoms with Crippen LogP contribution in [0.2, 0.25) is 0 Å². The molecule has 6 nitrogen and oxygen atoms in total. The Hall–Kier alpha value is -2.73. The summed E-state index contributed by atoms with van der Waals surface area (Å²) >= 11 is 0. The first kappa shape index (κ1) is 17.6. The molecule has 0 aliphatic rings. The van der Waals surface area contributed by atoms with Gasteiger partial charge in [-0.2, -0.15) is 0 Å². The van der Waals surface area contributed by atoms with Gasteiger partial charge in [-0.3, -0.25) is 4.79 Å². The lowest BCUT2D eigenvalue weighted by Crippen LogP contribution is -2.28. The maximum absolute atomic E-state index is 12.2. The number of carbonyl (C=O) groups excluding carboxylic acids is 1. The average Bonchev–Trinajstić information content (AvgIpc) is 2.65. The van der Waals surface area contributed by atoms with Gasteiger partial charge in [0.05, 0.1) is 27.4 Å². The minimum atomic E-state index is -0.829. The van der Waals surface area contributed by atoms with Gasteiger partial charge in [-0.25, -0.2) is 0 Å². The highest BCUT2D eigenvalue weighted by atomic mass is 16.5. The van der Waals surface area contributed by atoms with Crippen LogP contribution in [0, 0.1) is 0 Å². The van der Waals surface area contributed by atoms with Gasteiger partial charge in [-0.05, 0) is 35.9 Å². The molecule has 0 aliphatic carbocycles. The molecule has 0 bridgehead atoms. The minimum Gasteiger partial charge on any atom is -0.497 e. The number of amides is 1. The first-order chi connectivity index (χ1) is 11.6. The van der Waals surface area contributed by atoms with Crippen molar-refractivity contribution in [1.82, 2.24) is 5.32 Å². The molecule has 128 valence electrons. The maximum atomic E-state index is 12.2. The molecule has 1 unspecified atom stereocenters. The molecule has 0 aromatic heterocycles. The number of aliphatic hydroxyl groups excluding tert-OH is 1. The number of aliphatic hydroxyl groups is 1. The fourth-order valence-corrected chi connectivity index (χ4v) is 2.24. The van der Waals surface area contributed by atoms with E-state index in [1.807, 2.05) is 0 Å². The monoisotopic (exact) mass is 331 g/mol. The molecule has 0 aliphatic heterocycles. The molecular formula is C18H21NO5. The zero-order valence-electron chi connectivity index (χ0n) is 13.9. The van der Waals surface area contributed by atoms with Crippen molar-refractivity contribution in [1.29, 1.82) is 0 Å². The largest absolute Gasteiger partial charge is 0.497 e. The van der Waals surface area contributed by atoms with Crippen LogP contribution in [0.4, 0.5) is 0 Å². The summed E-state index contributed by atoms with van der Waals surface area (Å²) < 4.78 is 15.4. The third-order valence-corrected chi connectivity index (χ3v) is 3.58. The van der Waals surface area contributed by atoms with Crippen LogP contribution in [0.3, 0.4) is 0 Å². The van der Waals surface area contributed by atoms with E-state index in [1.54, 1.807) is 49.6 Å².